The molecule has 39 heteroatoms. The zero-order valence-corrected chi connectivity index (χ0v) is 86.7. The summed E-state index contributed by atoms with van der Waals surface area (Å²) < 4.78 is 54.9. The van der Waals surface area contributed by atoms with E-state index in [1.165, 1.54) is 31.2 Å². The van der Waals surface area contributed by atoms with E-state index in [-0.39, 0.29) is 266 Å². The van der Waals surface area contributed by atoms with Crippen LogP contribution in [0.15, 0.2) is 48.5 Å². The van der Waals surface area contributed by atoms with Crippen LogP contribution in [0, 0.1) is 23.2 Å². The lowest BCUT2D eigenvalue weighted by molar-refractivity contribution is -0.144. The monoisotopic (exact) mass is 2060 g/mol. The third kappa shape index (κ3) is 73.7. The molecule has 0 spiro atoms. The van der Waals surface area contributed by atoms with Crippen molar-refractivity contribution in [2.75, 3.05) is 152 Å². The van der Waals surface area contributed by atoms with Gasteiger partial charge in [0.25, 0.3) is 0 Å². The number of carbonyl (C=O) groups excluding carboxylic acids is 13. The van der Waals surface area contributed by atoms with Crippen LogP contribution in [0.1, 0.15) is 327 Å². The second-order valence-electron chi connectivity index (χ2n) is 37.8. The average Bonchev–Trinajstić information content (AvgIpc) is 0.853. The van der Waals surface area contributed by atoms with Gasteiger partial charge in [-0.1, -0.05) is 124 Å². The average molecular weight is 2060 g/mol. The molecule has 2 aromatic carbocycles. The lowest BCUT2D eigenvalue weighted by Crippen LogP contribution is -2.41. The highest BCUT2D eigenvalue weighted by atomic mass is 16.5. The van der Waals surface area contributed by atoms with Gasteiger partial charge in [0.2, 0.25) is 35.4 Å². The summed E-state index contributed by atoms with van der Waals surface area (Å²) in [7, 11) is 0. The first-order chi connectivity index (χ1) is 69.6. The molecule has 0 fully saturated rings. The number of aromatic carboxylic acids is 2. The maximum absolute atomic E-state index is 13.9. The van der Waals surface area contributed by atoms with Gasteiger partial charge in [-0.2, -0.15) is 0 Å². The normalized spacial score (nSPS) is 12.6. The molecule has 145 heavy (non-hydrogen) atoms. The molecule has 826 valence electrons. The molecule has 0 aliphatic heterocycles. The third-order valence-corrected chi connectivity index (χ3v) is 24.1. The first-order valence-electron chi connectivity index (χ1n) is 52.4. The predicted octanol–water partition coefficient (Wildman–Crippen LogP) is 11.7. The van der Waals surface area contributed by atoms with E-state index >= 15 is 0 Å². The van der Waals surface area contributed by atoms with Crippen LogP contribution in [-0.2, 0) is 110 Å². The van der Waals surface area contributed by atoms with Crippen LogP contribution >= 0.6 is 0 Å². The fraction of sp³-hybridized carbons (Fsp3) is 0.726. The minimum atomic E-state index is -1.20. The molecule has 0 aliphatic carbocycles. The number of ketones is 7. The van der Waals surface area contributed by atoms with Gasteiger partial charge in [0, 0.05) is 130 Å². The number of carbonyl (C=O) groups is 17. The molecule has 2 aromatic rings. The van der Waals surface area contributed by atoms with Crippen LogP contribution in [0.3, 0.4) is 0 Å². The van der Waals surface area contributed by atoms with Crippen LogP contribution in [0.25, 0.3) is 0 Å². The van der Waals surface area contributed by atoms with Crippen molar-refractivity contribution in [1.29, 1.82) is 0 Å². The summed E-state index contributed by atoms with van der Waals surface area (Å²) in [4.78, 5) is 210. The van der Waals surface area contributed by atoms with Crippen molar-refractivity contribution < 1.29 is 152 Å². The van der Waals surface area contributed by atoms with Crippen molar-refractivity contribution in [2.45, 2.75) is 322 Å². The van der Waals surface area contributed by atoms with Crippen LogP contribution in [-0.4, -0.2) is 290 Å². The summed E-state index contributed by atoms with van der Waals surface area (Å²) in [6.45, 7) is 11.2. The largest absolute Gasteiger partial charge is 0.494 e. The van der Waals surface area contributed by atoms with Gasteiger partial charge >= 0.3 is 23.9 Å². The van der Waals surface area contributed by atoms with Gasteiger partial charge < -0.3 is 111 Å². The topological polar surface area (TPSA) is 588 Å². The van der Waals surface area contributed by atoms with Crippen molar-refractivity contribution in [3.63, 3.8) is 0 Å². The molecule has 0 radical (unpaired) electrons. The number of carboxylic acids is 4. The number of nitrogens with one attached hydrogen (secondary N) is 6. The van der Waals surface area contributed by atoms with E-state index in [1.54, 1.807) is 45.0 Å². The second kappa shape index (κ2) is 85.0. The first-order valence-corrected chi connectivity index (χ1v) is 52.4. The number of ether oxygens (including phenoxy) is 10. The van der Waals surface area contributed by atoms with E-state index < -0.39 is 65.2 Å². The summed E-state index contributed by atoms with van der Waals surface area (Å²) in [6, 6.07) is 9.94. The molecule has 0 heterocycles. The Labute approximate surface area is 859 Å². The van der Waals surface area contributed by atoms with Gasteiger partial charge in [-0.15, -0.1) is 0 Å². The molecule has 6 atom stereocenters. The Morgan fingerprint density at radius 2 is 0.676 bits per heavy atom. The Hall–Kier alpha value is -9.97. The van der Waals surface area contributed by atoms with Crippen molar-refractivity contribution in [2.24, 2.45) is 34.6 Å². The van der Waals surface area contributed by atoms with Crippen molar-refractivity contribution in [3.05, 3.63) is 59.7 Å². The number of Topliss-reactive ketones (excluding diaryl/α,β-unsaturated/α-hetero) is 7. The van der Waals surface area contributed by atoms with E-state index in [9.17, 15) is 91.7 Å². The number of amides is 6. The summed E-state index contributed by atoms with van der Waals surface area (Å²) in [5, 5.41) is 53.7. The Morgan fingerprint density at radius 3 is 1.12 bits per heavy atom. The van der Waals surface area contributed by atoms with Gasteiger partial charge in [0.05, 0.1) is 108 Å². The van der Waals surface area contributed by atoms with Crippen LogP contribution in [0.4, 0.5) is 0 Å². The molecule has 39 nitrogen and oxygen atoms in total. The zero-order chi connectivity index (χ0) is 107. The number of hydrogen-bond acceptors (Lipinski definition) is 29. The van der Waals surface area contributed by atoms with Crippen LogP contribution in [0.5, 0.6) is 11.5 Å². The molecule has 0 bridgehead atoms. The lowest BCUT2D eigenvalue weighted by atomic mass is 9.79. The Balaban J connectivity index is 0.000107. The SMILES string of the molecule is CC(=O)[C@H](CCCCNC(=O)[C@@H](N)CCCCCC(=O)COCCOCCNC(=O)COCCOCCCC(=O)CC[C@H](NC(=O)CCCCCCCCCOc1ccc(C(=O)O)cc1)C(=O)O)CC(=O)[C@H](CCCCNC(=O)C(N)CCCCNC(=O)COCCOCCCC(=O)COCCOCCNC(=O)CC[C@H](CC(=O)CCCCCCCCCCCOc1ccc(C(=O)O)cc1)C(=O)O)CC(=O)C(C)(C)C.[HH].[HH]. The second-order valence-corrected chi connectivity index (χ2v) is 37.8. The highest BCUT2D eigenvalue weighted by Gasteiger charge is 2.32. The van der Waals surface area contributed by atoms with Crippen molar-refractivity contribution in [1.82, 2.24) is 31.9 Å². The van der Waals surface area contributed by atoms with Gasteiger partial charge in [-0.05, 0) is 165 Å². The summed E-state index contributed by atoms with van der Waals surface area (Å²) in [6.07, 6.45) is 23.9. The number of carboxylic acid groups (broad SMARTS) is 4. The summed E-state index contributed by atoms with van der Waals surface area (Å²) in [5.74, 6) is -7.96. The fourth-order valence-electron chi connectivity index (χ4n) is 15.2. The standard InChI is InChI=1S/C106H172N8O31.2H2/c1-79(115)82(32-22-25-54-112-100(126)91(107)38-20-17-19-35-87(118)75-140-68-67-139-63-57-111-99(125)78-143-71-64-136-58-30-36-85(116)46-51-93(105(134)135)114-97(123)40-21-14-10-8-12-16-29-61-145-90-49-43-81(44-50-90)103(130)131)73-94(120)83(74-95(121)106(2,3)4)33-23-26-55-113-101(127)92(108)39-24-27-53-109-98(124)77-142-70-65-137-59-31-37-88(119)76-141-69-66-138-62-56-110-96(122)52-45-84(104(132)133)72-86(117)34-18-13-9-6-5-7-11-15-28-60-144-89-47-41-80(42-48-89)102(128)129;;/h41-44,47-50,82-84,91-93H,5-40,45-46,51-78,107-108H2,1-4H3,(H,109,124)(H,110,122)(H,111,125)(H,112,126)(H,113,127)(H,114,123)(H,128,129)(H,130,131)(H,132,133)(H,134,135);2*1H/t82-,83-,84-,91+,92?,93+;;/m1../s1. The first kappa shape index (κ1) is 131. The molecular weight excluding hydrogens is 1880 g/mol. The maximum atomic E-state index is 13.9. The smallest absolute Gasteiger partial charge is 0.335 e. The number of unbranched alkanes of at least 4 members (excludes halogenated alkanes) is 19. The number of hydrogen-bond donors (Lipinski definition) is 12. The van der Waals surface area contributed by atoms with E-state index in [1.807, 2.05) is 0 Å². The highest BCUT2D eigenvalue weighted by Crippen LogP contribution is 2.28. The minimum absolute atomic E-state index is 0. The van der Waals surface area contributed by atoms with Crippen molar-refractivity contribution >= 4 is 99.8 Å². The van der Waals surface area contributed by atoms with E-state index in [0.29, 0.717) is 173 Å². The van der Waals surface area contributed by atoms with Gasteiger partial charge in [0.15, 0.2) is 11.6 Å². The maximum Gasteiger partial charge on any atom is 0.335 e. The van der Waals surface area contributed by atoms with Gasteiger partial charge in [-0.3, -0.25) is 67.1 Å². The molecule has 6 amide bonds. The third-order valence-electron chi connectivity index (χ3n) is 24.1. The molecule has 2 rings (SSSR count). The number of benzene rings is 2. The number of aliphatic carboxylic acids is 2. The Kier molecular flexibility index (Phi) is 76.9. The molecule has 0 aliphatic rings. The van der Waals surface area contributed by atoms with Gasteiger partial charge in [-0.25, -0.2) is 14.4 Å². The molecule has 0 saturated heterocycles. The van der Waals surface area contributed by atoms with E-state index in [0.717, 1.165) is 89.9 Å². The Morgan fingerprint density at radius 1 is 0.303 bits per heavy atom. The fourth-order valence-corrected chi connectivity index (χ4v) is 15.2. The Bertz CT molecular complexity index is 4030. The van der Waals surface area contributed by atoms with E-state index in [2.05, 4.69) is 31.9 Å². The van der Waals surface area contributed by atoms with Gasteiger partial charge in [0.1, 0.15) is 72.9 Å². The summed E-state index contributed by atoms with van der Waals surface area (Å²) in [5.41, 5.74) is 12.1. The van der Waals surface area contributed by atoms with Crippen LogP contribution < -0.4 is 52.8 Å². The van der Waals surface area contributed by atoms with Crippen molar-refractivity contribution in [3.8, 4) is 11.5 Å². The molecule has 14 N–H and O–H groups in total. The molecule has 1 unspecified atom stereocenters. The number of rotatable bonds is 100. The minimum Gasteiger partial charge on any atom is -0.494 e. The molecule has 0 saturated carbocycles. The predicted molar refractivity (Wildman–Crippen MR) is 546 cm³/mol. The molecular formula is C106H176N8O31. The molecule has 0 aromatic heterocycles. The number of nitrogens with two attached hydrogens (primary N) is 2. The lowest BCUT2D eigenvalue weighted by Gasteiger charge is -2.23. The highest BCUT2D eigenvalue weighted by molar-refractivity contribution is 5.93. The quantitative estimate of drug-likeness (QED) is 0.0274. The summed E-state index contributed by atoms with van der Waals surface area (Å²) >= 11 is 0. The van der Waals surface area contributed by atoms with E-state index in [4.69, 9.17) is 69.0 Å². The zero-order valence-electron chi connectivity index (χ0n) is 86.7. The van der Waals surface area contributed by atoms with Crippen LogP contribution in [0.2, 0.25) is 0 Å².